The predicted octanol–water partition coefficient (Wildman–Crippen LogP) is 5.11. The number of carbonyl (C=O) groups excluding carboxylic acids is 1. The number of hydrogen-bond donors (Lipinski definition) is 1. The number of aromatic nitrogens is 2. The average Bonchev–Trinajstić information content (AvgIpc) is 3.15. The Hall–Kier alpha value is -3.31. The molecule has 1 amide bonds. The second-order valence-corrected chi connectivity index (χ2v) is 6.59. The van der Waals surface area contributed by atoms with Gasteiger partial charge in [0.2, 0.25) is 0 Å². The molecule has 2 aromatic carbocycles. The maximum Gasteiger partial charge on any atom is 0.255 e. The Morgan fingerprint density at radius 1 is 0.962 bits per heavy atom. The second kappa shape index (κ2) is 7.29. The maximum absolute atomic E-state index is 12.5. The number of anilines is 1. The zero-order valence-electron chi connectivity index (χ0n) is 13.8. The summed E-state index contributed by atoms with van der Waals surface area (Å²) in [6.45, 7) is 0. The Labute approximate surface area is 154 Å². The lowest BCUT2D eigenvalue weighted by Gasteiger charge is -2.06. The molecule has 126 valence electrons. The molecule has 4 rings (SSSR count). The van der Waals surface area contributed by atoms with Crippen molar-refractivity contribution in [1.29, 1.82) is 0 Å². The van der Waals surface area contributed by atoms with E-state index in [-0.39, 0.29) is 5.91 Å². The van der Waals surface area contributed by atoms with Gasteiger partial charge in [0.05, 0.1) is 21.4 Å². The highest BCUT2D eigenvalue weighted by Crippen LogP contribution is 2.20. The molecule has 0 aliphatic heterocycles. The van der Waals surface area contributed by atoms with Gasteiger partial charge in [-0.25, -0.2) is 4.98 Å². The third kappa shape index (κ3) is 3.68. The van der Waals surface area contributed by atoms with Gasteiger partial charge in [-0.05, 0) is 54.1 Å². The molecule has 0 radical (unpaired) electrons. The summed E-state index contributed by atoms with van der Waals surface area (Å²) in [4.78, 5) is 21.0. The molecule has 1 N–H and O–H groups in total. The molecule has 5 heteroatoms. The molecule has 2 aromatic heterocycles. The van der Waals surface area contributed by atoms with Gasteiger partial charge in [-0.2, -0.15) is 0 Å². The van der Waals surface area contributed by atoms with Crippen LogP contribution in [0.4, 0.5) is 5.69 Å². The monoisotopic (exact) mass is 357 g/mol. The number of hydrogen-bond acceptors (Lipinski definition) is 4. The van der Waals surface area contributed by atoms with E-state index in [1.807, 2.05) is 66.7 Å². The van der Waals surface area contributed by atoms with E-state index in [1.165, 1.54) is 11.3 Å². The van der Waals surface area contributed by atoms with Crippen molar-refractivity contribution in [2.24, 2.45) is 0 Å². The van der Waals surface area contributed by atoms with Gasteiger partial charge in [0.25, 0.3) is 5.91 Å². The van der Waals surface area contributed by atoms with Crippen molar-refractivity contribution in [2.75, 3.05) is 5.32 Å². The zero-order valence-corrected chi connectivity index (χ0v) is 14.6. The summed E-state index contributed by atoms with van der Waals surface area (Å²) in [7, 11) is 0. The minimum absolute atomic E-state index is 0.133. The molecule has 0 saturated carbocycles. The summed E-state index contributed by atoms with van der Waals surface area (Å²) in [5.74, 6) is -0.133. The van der Waals surface area contributed by atoms with Crippen molar-refractivity contribution in [1.82, 2.24) is 9.97 Å². The Bertz CT molecular complexity index is 1090. The van der Waals surface area contributed by atoms with Gasteiger partial charge in [0, 0.05) is 17.4 Å². The third-order valence-corrected chi connectivity index (χ3v) is 4.66. The first-order valence-electron chi connectivity index (χ1n) is 8.12. The molecule has 0 fully saturated rings. The van der Waals surface area contributed by atoms with E-state index < -0.39 is 0 Å². The second-order valence-electron chi connectivity index (χ2n) is 5.70. The van der Waals surface area contributed by atoms with Crippen LogP contribution in [0.5, 0.6) is 0 Å². The molecule has 2 heterocycles. The minimum Gasteiger partial charge on any atom is -0.322 e. The molecule has 0 unspecified atom stereocenters. The Morgan fingerprint density at radius 3 is 2.81 bits per heavy atom. The fourth-order valence-electron chi connectivity index (χ4n) is 2.58. The van der Waals surface area contributed by atoms with Gasteiger partial charge in [0.1, 0.15) is 0 Å². The zero-order chi connectivity index (χ0) is 17.8. The average molecular weight is 357 g/mol. The lowest BCUT2D eigenvalue weighted by atomic mass is 10.1. The van der Waals surface area contributed by atoms with Crippen molar-refractivity contribution >= 4 is 45.3 Å². The van der Waals surface area contributed by atoms with Crippen molar-refractivity contribution in [2.45, 2.75) is 0 Å². The van der Waals surface area contributed by atoms with Gasteiger partial charge in [-0.3, -0.25) is 9.78 Å². The number of pyridine rings is 1. The lowest BCUT2D eigenvalue weighted by Crippen LogP contribution is -2.11. The standard InChI is InChI=1S/C21H15N3OS/c25-21(16-8-10-19-20(13-16)26-14-23-19)24-18-6-3-4-15(12-18)7-9-17-5-1-2-11-22-17/h1-14H,(H,24,25). The van der Waals surface area contributed by atoms with E-state index in [1.54, 1.807) is 17.8 Å². The van der Waals surface area contributed by atoms with Crippen LogP contribution in [0.3, 0.4) is 0 Å². The molecule has 4 nitrogen and oxygen atoms in total. The summed E-state index contributed by atoms with van der Waals surface area (Å²) >= 11 is 1.53. The van der Waals surface area contributed by atoms with Gasteiger partial charge in [-0.1, -0.05) is 24.3 Å². The Balaban J connectivity index is 1.51. The number of rotatable bonds is 4. The van der Waals surface area contributed by atoms with E-state index in [9.17, 15) is 4.79 Å². The van der Waals surface area contributed by atoms with E-state index >= 15 is 0 Å². The van der Waals surface area contributed by atoms with Crippen LogP contribution in [0.1, 0.15) is 21.6 Å². The normalized spacial score (nSPS) is 11.1. The quantitative estimate of drug-likeness (QED) is 0.552. The van der Waals surface area contributed by atoms with Crippen LogP contribution < -0.4 is 5.32 Å². The SMILES string of the molecule is O=C(Nc1cccc(C=Cc2ccccn2)c1)c1ccc2ncsc2c1. The number of thiazole rings is 1. The highest BCUT2D eigenvalue weighted by atomic mass is 32.1. The summed E-state index contributed by atoms with van der Waals surface area (Å²) in [6, 6.07) is 19.0. The van der Waals surface area contributed by atoms with Crippen LogP contribution in [-0.4, -0.2) is 15.9 Å². The molecule has 0 saturated heterocycles. The Morgan fingerprint density at radius 2 is 1.92 bits per heavy atom. The number of carbonyl (C=O) groups is 1. The van der Waals surface area contributed by atoms with Crippen molar-refractivity contribution < 1.29 is 4.79 Å². The molecule has 4 aromatic rings. The highest BCUT2D eigenvalue weighted by molar-refractivity contribution is 7.16. The van der Waals surface area contributed by atoms with Gasteiger partial charge in [-0.15, -0.1) is 11.3 Å². The number of fused-ring (bicyclic) bond motifs is 1. The predicted molar refractivity (Wildman–Crippen MR) is 107 cm³/mol. The summed E-state index contributed by atoms with van der Waals surface area (Å²) in [5.41, 5.74) is 5.95. The van der Waals surface area contributed by atoms with E-state index in [0.717, 1.165) is 27.2 Å². The van der Waals surface area contributed by atoms with Crippen LogP contribution in [0.15, 0.2) is 72.4 Å². The third-order valence-electron chi connectivity index (χ3n) is 3.87. The van der Waals surface area contributed by atoms with Gasteiger partial charge in [0.15, 0.2) is 0 Å². The van der Waals surface area contributed by atoms with Crippen LogP contribution in [-0.2, 0) is 0 Å². The van der Waals surface area contributed by atoms with Crippen LogP contribution in [0, 0.1) is 0 Å². The largest absolute Gasteiger partial charge is 0.322 e. The Kier molecular flexibility index (Phi) is 4.53. The molecular formula is C21H15N3OS. The summed E-state index contributed by atoms with van der Waals surface area (Å²) in [5, 5.41) is 2.95. The van der Waals surface area contributed by atoms with E-state index in [4.69, 9.17) is 0 Å². The number of nitrogens with zero attached hydrogens (tertiary/aromatic N) is 2. The lowest BCUT2D eigenvalue weighted by molar-refractivity contribution is 0.102. The smallest absolute Gasteiger partial charge is 0.255 e. The van der Waals surface area contributed by atoms with Gasteiger partial charge < -0.3 is 5.32 Å². The fraction of sp³-hybridized carbons (Fsp3) is 0. The summed E-state index contributed by atoms with van der Waals surface area (Å²) < 4.78 is 1.00. The van der Waals surface area contributed by atoms with Crippen LogP contribution >= 0.6 is 11.3 Å². The molecule has 0 bridgehead atoms. The highest BCUT2D eigenvalue weighted by Gasteiger charge is 2.08. The molecule has 0 spiro atoms. The fourth-order valence-corrected chi connectivity index (χ4v) is 3.29. The van der Waals surface area contributed by atoms with Crippen LogP contribution in [0.2, 0.25) is 0 Å². The molecule has 0 aliphatic carbocycles. The van der Waals surface area contributed by atoms with Crippen molar-refractivity contribution in [3.8, 4) is 0 Å². The first-order valence-corrected chi connectivity index (χ1v) is 9.00. The van der Waals surface area contributed by atoms with E-state index in [0.29, 0.717) is 5.56 Å². The summed E-state index contributed by atoms with van der Waals surface area (Å²) in [6.07, 6.45) is 5.68. The van der Waals surface area contributed by atoms with Crippen molar-refractivity contribution in [3.63, 3.8) is 0 Å². The minimum atomic E-state index is -0.133. The molecule has 0 atom stereocenters. The van der Waals surface area contributed by atoms with Crippen molar-refractivity contribution in [3.05, 3.63) is 89.2 Å². The number of nitrogens with one attached hydrogen (secondary N) is 1. The topological polar surface area (TPSA) is 54.9 Å². The first-order chi connectivity index (χ1) is 12.8. The first kappa shape index (κ1) is 16.2. The van der Waals surface area contributed by atoms with Crippen LogP contribution in [0.25, 0.3) is 22.4 Å². The molecule has 0 aliphatic rings. The number of amides is 1. The van der Waals surface area contributed by atoms with E-state index in [2.05, 4.69) is 15.3 Å². The number of benzene rings is 2. The molecular weight excluding hydrogens is 342 g/mol. The molecule has 26 heavy (non-hydrogen) atoms. The van der Waals surface area contributed by atoms with Gasteiger partial charge >= 0.3 is 0 Å². The maximum atomic E-state index is 12.5.